The molecule has 1 aliphatic carbocycles. The van der Waals surface area contributed by atoms with E-state index < -0.39 is 5.56 Å². The maximum Gasteiger partial charge on any atom is 0.330 e. The molecule has 2 aromatic rings. The van der Waals surface area contributed by atoms with E-state index in [0.717, 1.165) is 4.57 Å². The van der Waals surface area contributed by atoms with Gasteiger partial charge in [-0.25, -0.2) is 4.79 Å². The topological polar surface area (TPSA) is 64.2 Å². The second-order valence-corrected chi connectivity index (χ2v) is 4.82. The van der Waals surface area contributed by atoms with Crippen LogP contribution in [-0.4, -0.2) is 14.2 Å². The molecule has 1 aromatic heterocycles. The lowest BCUT2D eigenvalue weighted by Crippen LogP contribution is -2.36. The molecule has 0 radical (unpaired) electrons. The minimum Gasteiger partial charge on any atom is -0.508 e. The van der Waals surface area contributed by atoms with Crippen LogP contribution in [-0.2, 0) is 14.1 Å². The highest BCUT2D eigenvalue weighted by molar-refractivity contribution is 5.79. The van der Waals surface area contributed by atoms with Gasteiger partial charge in [-0.1, -0.05) is 25.7 Å². The number of rotatable bonds is 0. The van der Waals surface area contributed by atoms with Gasteiger partial charge in [-0.15, -0.1) is 0 Å². The SMILES string of the molecule is C1CCC1.Cn1c(=O)c2cc(O)ccc2n(C)c1=O. The van der Waals surface area contributed by atoms with Gasteiger partial charge in [0.15, 0.2) is 0 Å². The van der Waals surface area contributed by atoms with Crippen molar-refractivity contribution in [1.82, 2.24) is 9.13 Å². The molecule has 0 bridgehead atoms. The molecular formula is C14H18N2O3. The Labute approximate surface area is 110 Å². The van der Waals surface area contributed by atoms with Crippen LogP contribution in [0.5, 0.6) is 5.75 Å². The lowest BCUT2D eigenvalue weighted by Gasteiger charge is -2.06. The first-order valence-electron chi connectivity index (χ1n) is 6.41. The zero-order chi connectivity index (χ0) is 14.0. The van der Waals surface area contributed by atoms with Crippen LogP contribution < -0.4 is 11.2 Å². The van der Waals surface area contributed by atoms with Gasteiger partial charge in [-0.05, 0) is 18.2 Å². The molecule has 0 spiro atoms. The van der Waals surface area contributed by atoms with E-state index in [0.29, 0.717) is 10.9 Å². The highest BCUT2D eigenvalue weighted by Gasteiger charge is 2.07. The number of aromatic nitrogens is 2. The summed E-state index contributed by atoms with van der Waals surface area (Å²) in [6, 6.07) is 4.35. The van der Waals surface area contributed by atoms with Gasteiger partial charge in [-0.3, -0.25) is 13.9 Å². The highest BCUT2D eigenvalue weighted by Crippen LogP contribution is 2.15. The summed E-state index contributed by atoms with van der Waals surface area (Å²) in [5.41, 5.74) is -0.261. The van der Waals surface area contributed by atoms with Gasteiger partial charge >= 0.3 is 5.69 Å². The molecule has 3 rings (SSSR count). The van der Waals surface area contributed by atoms with Crippen molar-refractivity contribution >= 4 is 10.9 Å². The molecule has 1 heterocycles. The molecule has 0 saturated heterocycles. The molecule has 0 amide bonds. The molecule has 0 unspecified atom stereocenters. The predicted octanol–water partition coefficient (Wildman–Crippen LogP) is 1.50. The molecule has 1 aliphatic rings. The second-order valence-electron chi connectivity index (χ2n) is 4.82. The van der Waals surface area contributed by atoms with Crippen molar-refractivity contribution in [2.75, 3.05) is 0 Å². The van der Waals surface area contributed by atoms with E-state index in [1.54, 1.807) is 13.1 Å². The normalized spacial score (nSPS) is 13.6. The number of phenols is 1. The van der Waals surface area contributed by atoms with Crippen molar-refractivity contribution in [1.29, 1.82) is 0 Å². The maximum absolute atomic E-state index is 11.7. The van der Waals surface area contributed by atoms with E-state index in [2.05, 4.69) is 0 Å². The van der Waals surface area contributed by atoms with Gasteiger partial charge in [0.2, 0.25) is 0 Å². The third kappa shape index (κ3) is 2.54. The molecule has 0 aliphatic heterocycles. The standard InChI is InChI=1S/C10H10N2O3.C4H8/c1-11-8-4-3-6(13)5-7(8)9(14)12(2)10(11)15;1-2-4-3-1/h3-5,13H,1-2H3;1-4H2. The third-order valence-corrected chi connectivity index (χ3v) is 3.45. The molecule has 19 heavy (non-hydrogen) atoms. The van der Waals surface area contributed by atoms with Crippen molar-refractivity contribution in [3.8, 4) is 5.75 Å². The molecule has 5 nitrogen and oxygen atoms in total. The number of fused-ring (bicyclic) bond motifs is 1. The molecule has 1 N–H and O–H groups in total. The number of aromatic hydroxyl groups is 1. The lowest BCUT2D eigenvalue weighted by atomic mass is 10.0. The lowest BCUT2D eigenvalue weighted by molar-refractivity contribution is 0.476. The van der Waals surface area contributed by atoms with Crippen LogP contribution in [0, 0.1) is 0 Å². The Kier molecular flexibility index (Phi) is 3.74. The van der Waals surface area contributed by atoms with Crippen LogP contribution in [0.4, 0.5) is 0 Å². The van der Waals surface area contributed by atoms with Gasteiger partial charge in [0.25, 0.3) is 5.56 Å². The van der Waals surface area contributed by atoms with Crippen LogP contribution >= 0.6 is 0 Å². The Morgan fingerprint density at radius 3 is 2.11 bits per heavy atom. The fourth-order valence-electron chi connectivity index (χ4n) is 1.83. The summed E-state index contributed by atoms with van der Waals surface area (Å²) in [7, 11) is 3.00. The second kappa shape index (κ2) is 5.30. The fraction of sp³-hybridized carbons (Fsp3) is 0.429. The predicted molar refractivity (Wildman–Crippen MR) is 74.6 cm³/mol. The van der Waals surface area contributed by atoms with Gasteiger partial charge < -0.3 is 5.11 Å². The first-order valence-corrected chi connectivity index (χ1v) is 6.41. The Bertz CT molecular complexity index is 705. The first-order chi connectivity index (χ1) is 9.02. The summed E-state index contributed by atoms with van der Waals surface area (Å²) in [5, 5.41) is 9.60. The Balaban J connectivity index is 0.000000284. The summed E-state index contributed by atoms with van der Waals surface area (Å²) >= 11 is 0. The monoisotopic (exact) mass is 262 g/mol. The van der Waals surface area contributed by atoms with Gasteiger partial charge in [0.05, 0.1) is 10.9 Å². The average molecular weight is 262 g/mol. The quantitative estimate of drug-likeness (QED) is 0.782. The van der Waals surface area contributed by atoms with Crippen molar-refractivity contribution in [2.24, 2.45) is 14.1 Å². The molecule has 5 heteroatoms. The van der Waals surface area contributed by atoms with Crippen LogP contribution in [0.2, 0.25) is 0 Å². The van der Waals surface area contributed by atoms with Crippen LogP contribution in [0.25, 0.3) is 10.9 Å². The number of hydrogen-bond donors (Lipinski definition) is 1. The molecule has 1 fully saturated rings. The Hall–Kier alpha value is -2.04. The van der Waals surface area contributed by atoms with E-state index in [4.69, 9.17) is 0 Å². The highest BCUT2D eigenvalue weighted by atomic mass is 16.3. The minimum atomic E-state index is -0.399. The zero-order valence-electron chi connectivity index (χ0n) is 11.2. The van der Waals surface area contributed by atoms with Crippen LogP contribution in [0.1, 0.15) is 25.7 Å². The minimum absolute atomic E-state index is 0.0123. The fourth-order valence-corrected chi connectivity index (χ4v) is 1.83. The summed E-state index contributed by atoms with van der Waals surface area (Å²) in [6.07, 6.45) is 6.00. The van der Waals surface area contributed by atoms with Gasteiger partial charge in [0, 0.05) is 14.1 Å². The van der Waals surface area contributed by atoms with E-state index in [9.17, 15) is 14.7 Å². The van der Waals surface area contributed by atoms with Crippen molar-refractivity contribution in [3.63, 3.8) is 0 Å². The number of nitrogens with zero attached hydrogens (tertiary/aromatic N) is 2. The molecular weight excluding hydrogens is 244 g/mol. The third-order valence-electron chi connectivity index (χ3n) is 3.45. The smallest absolute Gasteiger partial charge is 0.330 e. The van der Waals surface area contributed by atoms with E-state index >= 15 is 0 Å². The van der Waals surface area contributed by atoms with Crippen LogP contribution in [0.3, 0.4) is 0 Å². The molecule has 1 saturated carbocycles. The number of benzene rings is 1. The molecule has 102 valence electrons. The first kappa shape index (κ1) is 13.4. The summed E-state index contributed by atoms with van der Waals surface area (Å²) in [4.78, 5) is 23.2. The van der Waals surface area contributed by atoms with Crippen molar-refractivity contribution in [2.45, 2.75) is 25.7 Å². The zero-order valence-corrected chi connectivity index (χ0v) is 11.2. The Morgan fingerprint density at radius 2 is 1.58 bits per heavy atom. The van der Waals surface area contributed by atoms with E-state index in [1.807, 2.05) is 0 Å². The molecule has 1 aromatic carbocycles. The number of phenolic OH excluding ortho intramolecular Hbond substituents is 1. The summed E-state index contributed by atoms with van der Waals surface area (Å²) < 4.78 is 2.39. The summed E-state index contributed by atoms with van der Waals surface area (Å²) in [6.45, 7) is 0. The summed E-state index contributed by atoms with van der Waals surface area (Å²) in [5.74, 6) is 0.0123. The van der Waals surface area contributed by atoms with Crippen molar-refractivity contribution in [3.05, 3.63) is 39.0 Å². The Morgan fingerprint density at radius 1 is 1.00 bits per heavy atom. The number of aryl methyl sites for hydroxylation is 1. The van der Waals surface area contributed by atoms with E-state index in [1.165, 1.54) is 49.4 Å². The maximum atomic E-state index is 11.7. The van der Waals surface area contributed by atoms with Gasteiger partial charge in [-0.2, -0.15) is 0 Å². The number of hydrogen-bond acceptors (Lipinski definition) is 3. The van der Waals surface area contributed by atoms with Crippen molar-refractivity contribution < 1.29 is 5.11 Å². The average Bonchev–Trinajstić information content (AvgIpc) is 2.31. The van der Waals surface area contributed by atoms with Crippen LogP contribution in [0.15, 0.2) is 27.8 Å². The largest absolute Gasteiger partial charge is 0.508 e. The van der Waals surface area contributed by atoms with Gasteiger partial charge in [0.1, 0.15) is 5.75 Å². The molecule has 0 atom stereocenters. The van der Waals surface area contributed by atoms with E-state index in [-0.39, 0.29) is 11.4 Å².